The standard InChI is InChI=1S/C17H18N2O3/c20-14-9-4-10-18-16(14)19-17(21)13-8-5-11-22-15(13)12-6-2-1-3-7-12/h1-4,6-7,9-10,13,15,20H,5,8,11H2,(H,18,19,21)/t13-,15+/m1/s1. The molecule has 0 unspecified atom stereocenters. The van der Waals surface area contributed by atoms with Gasteiger partial charge in [-0.25, -0.2) is 4.98 Å². The Kier molecular flexibility index (Phi) is 4.34. The summed E-state index contributed by atoms with van der Waals surface area (Å²) in [6, 6.07) is 12.9. The van der Waals surface area contributed by atoms with Crippen molar-refractivity contribution < 1.29 is 14.6 Å². The van der Waals surface area contributed by atoms with E-state index in [1.54, 1.807) is 6.07 Å². The van der Waals surface area contributed by atoms with Gasteiger partial charge in [-0.1, -0.05) is 30.3 Å². The Morgan fingerprint density at radius 2 is 2.05 bits per heavy atom. The fourth-order valence-corrected chi connectivity index (χ4v) is 2.72. The summed E-state index contributed by atoms with van der Waals surface area (Å²) in [5.41, 5.74) is 0.993. The summed E-state index contributed by atoms with van der Waals surface area (Å²) >= 11 is 0. The molecule has 2 N–H and O–H groups in total. The Morgan fingerprint density at radius 1 is 1.23 bits per heavy atom. The number of hydrogen-bond donors (Lipinski definition) is 2. The first-order chi connectivity index (χ1) is 10.8. The number of carbonyl (C=O) groups is 1. The predicted octanol–water partition coefficient (Wildman–Crippen LogP) is 2.89. The first-order valence-electron chi connectivity index (χ1n) is 7.37. The fraction of sp³-hybridized carbons (Fsp3) is 0.294. The van der Waals surface area contributed by atoms with Gasteiger partial charge in [0.1, 0.15) is 0 Å². The van der Waals surface area contributed by atoms with Gasteiger partial charge >= 0.3 is 0 Å². The van der Waals surface area contributed by atoms with Crippen LogP contribution in [0.4, 0.5) is 5.82 Å². The molecule has 2 atom stereocenters. The van der Waals surface area contributed by atoms with Crippen molar-refractivity contribution in [2.75, 3.05) is 11.9 Å². The number of nitrogens with one attached hydrogen (secondary N) is 1. The van der Waals surface area contributed by atoms with Gasteiger partial charge in [0.25, 0.3) is 0 Å². The molecule has 1 aromatic heterocycles. The molecule has 0 saturated carbocycles. The second-order valence-electron chi connectivity index (χ2n) is 5.31. The van der Waals surface area contributed by atoms with Gasteiger partial charge in [-0.3, -0.25) is 4.79 Å². The fourth-order valence-electron chi connectivity index (χ4n) is 2.72. The number of ether oxygens (including phenoxy) is 1. The summed E-state index contributed by atoms with van der Waals surface area (Å²) in [7, 11) is 0. The van der Waals surface area contributed by atoms with E-state index in [0.717, 1.165) is 18.4 Å². The maximum atomic E-state index is 12.6. The van der Waals surface area contributed by atoms with Gasteiger partial charge in [0.05, 0.1) is 12.0 Å². The van der Waals surface area contributed by atoms with E-state index in [2.05, 4.69) is 10.3 Å². The number of pyridine rings is 1. The van der Waals surface area contributed by atoms with E-state index < -0.39 is 0 Å². The van der Waals surface area contributed by atoms with Gasteiger partial charge < -0.3 is 15.2 Å². The van der Waals surface area contributed by atoms with E-state index in [4.69, 9.17) is 4.74 Å². The molecule has 0 radical (unpaired) electrons. The van der Waals surface area contributed by atoms with Crippen LogP contribution >= 0.6 is 0 Å². The molecule has 0 spiro atoms. The van der Waals surface area contributed by atoms with E-state index in [1.165, 1.54) is 12.3 Å². The minimum Gasteiger partial charge on any atom is -0.504 e. The van der Waals surface area contributed by atoms with Crippen LogP contribution in [0.5, 0.6) is 5.75 Å². The molecule has 5 nitrogen and oxygen atoms in total. The largest absolute Gasteiger partial charge is 0.504 e. The lowest BCUT2D eigenvalue weighted by molar-refractivity contribution is -0.129. The maximum absolute atomic E-state index is 12.6. The van der Waals surface area contributed by atoms with Crippen LogP contribution in [0, 0.1) is 5.92 Å². The molecule has 1 aliphatic heterocycles. The third-order valence-corrected chi connectivity index (χ3v) is 3.82. The molecule has 2 heterocycles. The maximum Gasteiger partial charge on any atom is 0.231 e. The summed E-state index contributed by atoms with van der Waals surface area (Å²) < 4.78 is 5.82. The molecule has 2 aromatic rings. The molecule has 1 fully saturated rings. The third kappa shape index (κ3) is 3.09. The van der Waals surface area contributed by atoms with Gasteiger partial charge in [-0.15, -0.1) is 0 Å². The van der Waals surface area contributed by atoms with E-state index in [9.17, 15) is 9.90 Å². The Morgan fingerprint density at radius 3 is 2.82 bits per heavy atom. The molecule has 0 aliphatic carbocycles. The summed E-state index contributed by atoms with van der Waals surface area (Å²) in [5.74, 6) is -0.325. The van der Waals surface area contributed by atoms with Crippen molar-refractivity contribution in [1.29, 1.82) is 0 Å². The van der Waals surface area contributed by atoms with Gasteiger partial charge in [-0.2, -0.15) is 0 Å². The van der Waals surface area contributed by atoms with E-state index in [-0.39, 0.29) is 29.5 Å². The van der Waals surface area contributed by atoms with Gasteiger partial charge in [0.15, 0.2) is 11.6 Å². The second kappa shape index (κ2) is 6.58. The number of rotatable bonds is 3. The first kappa shape index (κ1) is 14.5. The van der Waals surface area contributed by atoms with Crippen LogP contribution in [0.2, 0.25) is 0 Å². The van der Waals surface area contributed by atoms with Crippen molar-refractivity contribution in [1.82, 2.24) is 4.98 Å². The third-order valence-electron chi connectivity index (χ3n) is 3.82. The van der Waals surface area contributed by atoms with E-state index in [1.807, 2.05) is 30.3 Å². The minimum atomic E-state index is -0.294. The van der Waals surface area contributed by atoms with Gasteiger partial charge in [0, 0.05) is 12.8 Å². The van der Waals surface area contributed by atoms with Crippen molar-refractivity contribution in [3.8, 4) is 5.75 Å². The molecular formula is C17H18N2O3. The van der Waals surface area contributed by atoms with Crippen LogP contribution in [0.1, 0.15) is 24.5 Å². The van der Waals surface area contributed by atoms with Crippen molar-refractivity contribution in [2.45, 2.75) is 18.9 Å². The van der Waals surface area contributed by atoms with Crippen LogP contribution in [-0.4, -0.2) is 22.6 Å². The lowest BCUT2D eigenvalue weighted by Gasteiger charge is -2.31. The zero-order chi connectivity index (χ0) is 15.4. The normalized spacial score (nSPS) is 21.3. The Balaban J connectivity index is 1.79. The van der Waals surface area contributed by atoms with Crippen molar-refractivity contribution in [3.05, 3.63) is 54.2 Å². The molecule has 1 aliphatic rings. The smallest absolute Gasteiger partial charge is 0.231 e. The lowest BCUT2D eigenvalue weighted by atomic mass is 9.89. The average Bonchev–Trinajstić information content (AvgIpc) is 2.58. The SMILES string of the molecule is O=C(Nc1ncccc1O)[C@@H]1CCCO[C@H]1c1ccccc1. The molecule has 3 rings (SSSR count). The quantitative estimate of drug-likeness (QED) is 0.914. The number of carbonyl (C=O) groups excluding carboxylic acids is 1. The van der Waals surface area contributed by atoms with Crippen LogP contribution < -0.4 is 5.32 Å². The van der Waals surface area contributed by atoms with Crippen molar-refractivity contribution >= 4 is 11.7 Å². The van der Waals surface area contributed by atoms with Crippen molar-refractivity contribution in [3.63, 3.8) is 0 Å². The van der Waals surface area contributed by atoms with Gasteiger partial charge in [-0.05, 0) is 30.5 Å². The highest BCUT2D eigenvalue weighted by atomic mass is 16.5. The van der Waals surface area contributed by atoms with E-state index in [0.29, 0.717) is 6.61 Å². The second-order valence-corrected chi connectivity index (χ2v) is 5.31. The molecule has 1 saturated heterocycles. The highest BCUT2D eigenvalue weighted by Gasteiger charge is 2.33. The molecule has 1 aromatic carbocycles. The topological polar surface area (TPSA) is 71.5 Å². The van der Waals surface area contributed by atoms with Crippen LogP contribution in [0.25, 0.3) is 0 Å². The Labute approximate surface area is 129 Å². The molecule has 22 heavy (non-hydrogen) atoms. The number of nitrogens with zero attached hydrogens (tertiary/aromatic N) is 1. The summed E-state index contributed by atoms with van der Waals surface area (Å²) in [4.78, 5) is 16.5. The number of aromatic hydroxyl groups is 1. The number of amides is 1. The zero-order valence-electron chi connectivity index (χ0n) is 12.1. The average molecular weight is 298 g/mol. The highest BCUT2D eigenvalue weighted by molar-refractivity contribution is 5.93. The lowest BCUT2D eigenvalue weighted by Crippen LogP contribution is -2.33. The monoisotopic (exact) mass is 298 g/mol. The van der Waals surface area contributed by atoms with Crippen LogP contribution in [0.3, 0.4) is 0 Å². The van der Waals surface area contributed by atoms with Crippen LogP contribution in [0.15, 0.2) is 48.7 Å². The zero-order valence-corrected chi connectivity index (χ0v) is 12.1. The molecular weight excluding hydrogens is 280 g/mol. The van der Waals surface area contributed by atoms with Gasteiger partial charge in [0.2, 0.25) is 5.91 Å². The number of aromatic nitrogens is 1. The first-order valence-corrected chi connectivity index (χ1v) is 7.37. The van der Waals surface area contributed by atoms with Crippen LogP contribution in [-0.2, 0) is 9.53 Å². The molecule has 5 heteroatoms. The van der Waals surface area contributed by atoms with Crippen molar-refractivity contribution in [2.24, 2.45) is 5.92 Å². The summed E-state index contributed by atoms with van der Waals surface area (Å²) in [6.07, 6.45) is 2.86. The van der Waals surface area contributed by atoms with E-state index >= 15 is 0 Å². The Hall–Kier alpha value is -2.40. The minimum absolute atomic E-state index is 0.0381. The predicted molar refractivity (Wildman–Crippen MR) is 82.4 cm³/mol. The summed E-state index contributed by atoms with van der Waals surface area (Å²) in [6.45, 7) is 0.651. The molecule has 1 amide bonds. The summed E-state index contributed by atoms with van der Waals surface area (Å²) in [5, 5.41) is 12.4. The number of anilines is 1. The molecule has 0 bridgehead atoms. The highest BCUT2D eigenvalue weighted by Crippen LogP contribution is 2.34. The number of hydrogen-bond acceptors (Lipinski definition) is 4. The molecule has 114 valence electrons. The Bertz CT molecular complexity index is 645. The number of benzene rings is 1.